The van der Waals surface area contributed by atoms with Crippen molar-refractivity contribution < 1.29 is 19.2 Å². The quantitative estimate of drug-likeness (QED) is 0.362. The number of hydrogen-bond acceptors (Lipinski definition) is 5. The summed E-state index contributed by atoms with van der Waals surface area (Å²) in [6.45, 7) is 10.2. The van der Waals surface area contributed by atoms with Crippen LogP contribution in [0.25, 0.3) is 0 Å². The van der Waals surface area contributed by atoms with Crippen LogP contribution in [-0.4, -0.2) is 59.6 Å². The Labute approximate surface area is 190 Å². The molecule has 0 aromatic carbocycles. The van der Waals surface area contributed by atoms with Gasteiger partial charge < -0.3 is 21.3 Å². The van der Waals surface area contributed by atoms with E-state index in [4.69, 9.17) is 5.73 Å². The molecular formula is C24H38N4O4. The van der Waals surface area contributed by atoms with Crippen LogP contribution in [0.15, 0.2) is 12.7 Å². The van der Waals surface area contributed by atoms with E-state index in [-0.39, 0.29) is 47.9 Å². The molecule has 1 aliphatic heterocycles. The van der Waals surface area contributed by atoms with Gasteiger partial charge in [-0.3, -0.25) is 19.2 Å². The summed E-state index contributed by atoms with van der Waals surface area (Å²) in [5, 5.41) is 5.21. The van der Waals surface area contributed by atoms with E-state index in [1.165, 1.54) is 12.5 Å². The Bertz CT molecular complexity index is 774. The van der Waals surface area contributed by atoms with Gasteiger partial charge in [-0.15, -0.1) is 6.58 Å². The van der Waals surface area contributed by atoms with Gasteiger partial charge in [-0.1, -0.05) is 46.1 Å². The smallest absolute Gasteiger partial charge is 0.289 e. The largest absolute Gasteiger partial charge is 0.346 e. The number of piperidine rings is 1. The third-order valence-corrected chi connectivity index (χ3v) is 7.88. The van der Waals surface area contributed by atoms with E-state index < -0.39 is 29.8 Å². The number of carbonyl (C=O) groups is 4. The van der Waals surface area contributed by atoms with E-state index in [0.717, 1.165) is 25.7 Å². The molecule has 0 aromatic heterocycles. The Kier molecular flexibility index (Phi) is 7.43. The summed E-state index contributed by atoms with van der Waals surface area (Å²) in [4.78, 5) is 52.9. The molecule has 32 heavy (non-hydrogen) atoms. The number of rotatable bonds is 9. The van der Waals surface area contributed by atoms with Crippen LogP contribution < -0.4 is 16.4 Å². The molecule has 0 radical (unpaired) electrons. The lowest BCUT2D eigenvalue weighted by atomic mass is 9.83. The Morgan fingerprint density at radius 1 is 1.19 bits per heavy atom. The average Bonchev–Trinajstić information content (AvgIpc) is 3.13. The predicted octanol–water partition coefficient (Wildman–Crippen LogP) is 1.14. The van der Waals surface area contributed by atoms with Crippen molar-refractivity contribution in [1.82, 2.24) is 15.5 Å². The molecule has 1 heterocycles. The van der Waals surface area contributed by atoms with Gasteiger partial charge in [0.25, 0.3) is 5.91 Å². The van der Waals surface area contributed by atoms with Crippen LogP contribution in [0.4, 0.5) is 0 Å². The highest BCUT2D eigenvalue weighted by Crippen LogP contribution is 2.65. The molecule has 8 heteroatoms. The molecule has 0 spiro atoms. The summed E-state index contributed by atoms with van der Waals surface area (Å²) in [7, 11) is 0. The molecular weight excluding hydrogens is 408 g/mol. The fourth-order valence-electron chi connectivity index (χ4n) is 5.72. The van der Waals surface area contributed by atoms with Gasteiger partial charge in [-0.25, -0.2) is 0 Å². The number of nitrogens with one attached hydrogen (secondary N) is 2. The number of nitrogens with zero attached hydrogens (tertiary/aromatic N) is 1. The van der Waals surface area contributed by atoms with Crippen molar-refractivity contribution in [3.63, 3.8) is 0 Å². The van der Waals surface area contributed by atoms with E-state index in [1.807, 2.05) is 0 Å². The molecule has 3 amide bonds. The van der Waals surface area contributed by atoms with Gasteiger partial charge >= 0.3 is 0 Å². The summed E-state index contributed by atoms with van der Waals surface area (Å²) in [6, 6.07) is -2.19. The van der Waals surface area contributed by atoms with E-state index >= 15 is 0 Å². The number of ketones is 1. The second kappa shape index (κ2) is 9.73. The topological polar surface area (TPSA) is 122 Å². The number of likely N-dealkylation sites (tertiary alicyclic amines) is 1. The Balaban J connectivity index is 1.72. The highest BCUT2D eigenvalue weighted by atomic mass is 16.2. The number of Topliss-reactive ketones (excluding diaryl/α,β-unsaturated/α-hetero) is 1. The van der Waals surface area contributed by atoms with Crippen LogP contribution in [0.2, 0.25) is 0 Å². The molecule has 8 nitrogen and oxygen atoms in total. The lowest BCUT2D eigenvalue weighted by Gasteiger charge is -2.35. The van der Waals surface area contributed by atoms with Gasteiger partial charge in [0.2, 0.25) is 17.6 Å². The minimum absolute atomic E-state index is 0.0345. The molecule has 0 bridgehead atoms. The monoisotopic (exact) mass is 446 g/mol. The number of nitrogens with two attached hydrogens (primary N) is 1. The fourth-order valence-corrected chi connectivity index (χ4v) is 5.72. The first kappa shape index (κ1) is 24.4. The zero-order valence-corrected chi connectivity index (χ0v) is 19.6. The maximum Gasteiger partial charge on any atom is 0.289 e. The standard InChI is InChI=1S/C24H38N4O4/c1-5-12-26-22(31)20(29)16(6-2)27-21(30)19-17-15(24(17,3)4)13-28(19)23(32)18(25)14-10-8-7-9-11-14/h5,14-19H,1,6-13,25H2,2-4H3,(H,26,31)(H,27,30)/t15-,16?,17-,18-,19-/m0/s1. The van der Waals surface area contributed by atoms with Gasteiger partial charge in [0.15, 0.2) is 0 Å². The number of hydrogen-bond donors (Lipinski definition) is 3. The van der Waals surface area contributed by atoms with Gasteiger partial charge in [0.1, 0.15) is 6.04 Å². The maximum atomic E-state index is 13.3. The molecule has 1 unspecified atom stereocenters. The first-order chi connectivity index (χ1) is 15.1. The Hall–Kier alpha value is -2.22. The van der Waals surface area contributed by atoms with E-state index in [1.54, 1.807) is 11.8 Å². The average molecular weight is 447 g/mol. The van der Waals surface area contributed by atoms with E-state index in [2.05, 4.69) is 31.1 Å². The molecule has 0 aromatic rings. The summed E-state index contributed by atoms with van der Waals surface area (Å²) in [6.07, 6.45) is 7.01. The zero-order valence-electron chi connectivity index (χ0n) is 19.6. The van der Waals surface area contributed by atoms with Crippen molar-refractivity contribution in [2.75, 3.05) is 13.1 Å². The Morgan fingerprint density at radius 2 is 1.84 bits per heavy atom. The normalized spacial score (nSPS) is 28.2. The highest BCUT2D eigenvalue weighted by molar-refractivity contribution is 6.38. The molecule has 2 aliphatic carbocycles. The summed E-state index contributed by atoms with van der Waals surface area (Å²) in [5.41, 5.74) is 6.34. The van der Waals surface area contributed by atoms with Gasteiger partial charge in [-0.05, 0) is 42.4 Å². The maximum absolute atomic E-state index is 13.3. The second-order valence-corrected chi connectivity index (χ2v) is 10.1. The van der Waals surface area contributed by atoms with Crippen molar-refractivity contribution in [2.24, 2.45) is 28.9 Å². The van der Waals surface area contributed by atoms with Crippen molar-refractivity contribution >= 4 is 23.5 Å². The zero-order chi connectivity index (χ0) is 23.6. The molecule has 5 atom stereocenters. The van der Waals surface area contributed by atoms with Gasteiger partial charge in [0.05, 0.1) is 12.1 Å². The molecule has 3 rings (SSSR count). The number of fused-ring (bicyclic) bond motifs is 1. The summed E-state index contributed by atoms with van der Waals surface area (Å²) >= 11 is 0. The predicted molar refractivity (Wildman–Crippen MR) is 121 cm³/mol. The van der Waals surface area contributed by atoms with Crippen LogP contribution in [0.1, 0.15) is 59.3 Å². The Morgan fingerprint density at radius 3 is 2.44 bits per heavy atom. The highest BCUT2D eigenvalue weighted by Gasteiger charge is 2.69. The van der Waals surface area contributed by atoms with Crippen molar-refractivity contribution in [3.8, 4) is 0 Å². The third-order valence-electron chi connectivity index (χ3n) is 7.88. The SMILES string of the molecule is C=CCNC(=O)C(=O)C(CC)NC(=O)[C@@H]1[C@@H]2[C@H](CN1C(=O)[C@@H](N)C1CCCCC1)C2(C)C. The van der Waals surface area contributed by atoms with Crippen LogP contribution in [-0.2, 0) is 19.2 Å². The summed E-state index contributed by atoms with van der Waals surface area (Å²) < 4.78 is 0. The first-order valence-corrected chi connectivity index (χ1v) is 11.9. The van der Waals surface area contributed by atoms with Crippen LogP contribution in [0, 0.1) is 23.2 Å². The fraction of sp³-hybridized carbons (Fsp3) is 0.750. The molecule has 178 valence electrons. The lowest BCUT2D eigenvalue weighted by Crippen LogP contribution is -2.58. The van der Waals surface area contributed by atoms with Crippen LogP contribution in [0.3, 0.4) is 0 Å². The number of amides is 3. The van der Waals surface area contributed by atoms with Crippen molar-refractivity contribution in [2.45, 2.75) is 77.4 Å². The van der Waals surface area contributed by atoms with Crippen LogP contribution in [0.5, 0.6) is 0 Å². The molecule has 4 N–H and O–H groups in total. The second-order valence-electron chi connectivity index (χ2n) is 10.1. The third kappa shape index (κ3) is 4.60. The molecule has 2 saturated carbocycles. The van der Waals surface area contributed by atoms with E-state index in [9.17, 15) is 19.2 Å². The summed E-state index contributed by atoms with van der Waals surface area (Å²) in [5.74, 6) is -1.54. The molecule has 3 fully saturated rings. The van der Waals surface area contributed by atoms with E-state index in [0.29, 0.717) is 6.54 Å². The molecule has 3 aliphatic rings. The van der Waals surface area contributed by atoms with Crippen LogP contribution >= 0.6 is 0 Å². The van der Waals surface area contributed by atoms with Crippen molar-refractivity contribution in [3.05, 3.63) is 12.7 Å². The van der Waals surface area contributed by atoms with Gasteiger partial charge in [-0.2, -0.15) is 0 Å². The van der Waals surface area contributed by atoms with Gasteiger partial charge in [0, 0.05) is 13.1 Å². The minimum Gasteiger partial charge on any atom is -0.346 e. The minimum atomic E-state index is -0.933. The number of carbonyl (C=O) groups excluding carboxylic acids is 4. The van der Waals surface area contributed by atoms with Crippen molar-refractivity contribution in [1.29, 1.82) is 0 Å². The first-order valence-electron chi connectivity index (χ1n) is 11.9. The lowest BCUT2D eigenvalue weighted by molar-refractivity contribution is -0.144. The molecule has 1 saturated heterocycles.